The Bertz CT molecular complexity index is 1260. The molecule has 1 fully saturated rings. The number of rotatable bonds is 6. The molecule has 1 saturated heterocycles. The molecule has 2 aromatic heterocycles. The van der Waals surface area contributed by atoms with Crippen molar-refractivity contribution < 1.29 is 28.1 Å². The molecule has 3 heterocycles. The van der Waals surface area contributed by atoms with Gasteiger partial charge in [0.25, 0.3) is 5.56 Å². The molecular formula is C21H23F2N3O6. The molecule has 0 spiro atoms. The van der Waals surface area contributed by atoms with Gasteiger partial charge in [-0.15, -0.1) is 0 Å². The van der Waals surface area contributed by atoms with Gasteiger partial charge in [-0.2, -0.15) is 0 Å². The van der Waals surface area contributed by atoms with E-state index in [-0.39, 0.29) is 19.1 Å². The van der Waals surface area contributed by atoms with Gasteiger partial charge in [0, 0.05) is 30.4 Å². The summed E-state index contributed by atoms with van der Waals surface area (Å²) in [4.78, 5) is 25.2. The first-order valence-electron chi connectivity index (χ1n) is 9.90. The molecule has 1 aliphatic heterocycles. The number of nitrogens with zero attached hydrogens (tertiary/aromatic N) is 2. The van der Waals surface area contributed by atoms with Gasteiger partial charge in [-0.05, 0) is 32.0 Å². The molecule has 0 bridgehead atoms. The second-order valence-corrected chi connectivity index (χ2v) is 7.93. The molecule has 172 valence electrons. The normalized spacial score (nSPS) is 25.5. The molecule has 0 unspecified atom stereocenters. The highest BCUT2D eigenvalue weighted by Gasteiger charge is 2.55. The Morgan fingerprint density at radius 1 is 1.31 bits per heavy atom. The number of fused-ring (bicyclic) bond motifs is 1. The van der Waals surface area contributed by atoms with Gasteiger partial charge in [0.15, 0.2) is 30.3 Å². The van der Waals surface area contributed by atoms with Crippen LogP contribution in [-0.2, 0) is 16.5 Å². The zero-order valence-electron chi connectivity index (χ0n) is 17.7. The number of aliphatic hydroxyl groups excluding tert-OH is 1. The highest BCUT2D eigenvalue weighted by atomic mass is 19.1. The largest absolute Gasteiger partial charge is 0.464 e. The maximum atomic E-state index is 15.1. The van der Waals surface area contributed by atoms with Crippen molar-refractivity contribution in [3.8, 4) is 5.75 Å². The molecule has 4 atom stereocenters. The van der Waals surface area contributed by atoms with Gasteiger partial charge < -0.3 is 23.9 Å². The lowest BCUT2D eigenvalue weighted by molar-refractivity contribution is -0.0902. The highest BCUT2D eigenvalue weighted by Crippen LogP contribution is 2.40. The van der Waals surface area contributed by atoms with Crippen LogP contribution < -0.4 is 16.0 Å². The number of nitrogens with one attached hydrogen (secondary N) is 1. The number of ether oxygens (including phenoxy) is 3. The van der Waals surface area contributed by atoms with E-state index in [1.165, 1.54) is 6.07 Å². The Hall–Kier alpha value is -3.02. The zero-order chi connectivity index (χ0) is 23.2. The third-order valence-electron chi connectivity index (χ3n) is 5.77. The topological polar surface area (TPSA) is 108 Å². The lowest BCUT2D eigenvalue weighted by atomic mass is 9.98. The van der Waals surface area contributed by atoms with Crippen LogP contribution in [0.1, 0.15) is 18.8 Å². The molecule has 1 aliphatic rings. The molecular weight excluding hydrogens is 428 g/mol. The van der Waals surface area contributed by atoms with Crippen LogP contribution in [0.3, 0.4) is 0 Å². The van der Waals surface area contributed by atoms with Crippen LogP contribution in [-0.4, -0.2) is 50.5 Å². The Morgan fingerprint density at radius 3 is 2.78 bits per heavy atom. The molecule has 3 aromatic rings. The Morgan fingerprint density at radius 2 is 2.06 bits per heavy atom. The number of benzene rings is 1. The minimum Gasteiger partial charge on any atom is -0.464 e. The molecule has 0 saturated carbocycles. The molecule has 9 nitrogen and oxygen atoms in total. The number of aryl methyl sites for hydroxylation is 2. The zero-order valence-corrected chi connectivity index (χ0v) is 17.7. The Balaban J connectivity index is 1.40. The van der Waals surface area contributed by atoms with E-state index in [1.54, 1.807) is 12.1 Å². The lowest BCUT2D eigenvalue weighted by Crippen LogP contribution is -2.43. The van der Waals surface area contributed by atoms with E-state index < -0.39 is 41.2 Å². The van der Waals surface area contributed by atoms with E-state index in [9.17, 15) is 19.1 Å². The summed E-state index contributed by atoms with van der Waals surface area (Å²) in [7, 11) is 1.83. The number of aliphatic hydroxyl groups is 1. The number of hydrogen-bond acceptors (Lipinski definition) is 6. The predicted molar refractivity (Wildman–Crippen MR) is 110 cm³/mol. The summed E-state index contributed by atoms with van der Waals surface area (Å²) in [6.45, 7) is 2.31. The molecule has 2 N–H and O–H groups in total. The average Bonchev–Trinajstić information content (AvgIpc) is 3.15. The van der Waals surface area contributed by atoms with E-state index in [2.05, 4.69) is 0 Å². The number of halogens is 2. The van der Waals surface area contributed by atoms with E-state index in [0.717, 1.165) is 35.0 Å². The molecule has 0 amide bonds. The van der Waals surface area contributed by atoms with Crippen LogP contribution in [0.15, 0.2) is 40.1 Å². The maximum Gasteiger partial charge on any atom is 0.330 e. The van der Waals surface area contributed by atoms with Crippen molar-refractivity contribution in [3.05, 3.63) is 62.8 Å². The van der Waals surface area contributed by atoms with Crippen molar-refractivity contribution in [2.75, 3.05) is 13.4 Å². The van der Waals surface area contributed by atoms with E-state index in [0.29, 0.717) is 5.39 Å². The summed E-state index contributed by atoms with van der Waals surface area (Å²) in [6.07, 6.45) is -3.13. The van der Waals surface area contributed by atoms with Gasteiger partial charge in [-0.3, -0.25) is 14.3 Å². The fraction of sp³-hybridized carbons (Fsp3) is 0.429. The van der Waals surface area contributed by atoms with E-state index in [1.807, 2.05) is 23.5 Å². The van der Waals surface area contributed by atoms with Crippen LogP contribution in [0.5, 0.6) is 5.75 Å². The van der Waals surface area contributed by atoms with Crippen molar-refractivity contribution >= 4 is 10.9 Å². The summed E-state index contributed by atoms with van der Waals surface area (Å²) >= 11 is 0. The smallest absolute Gasteiger partial charge is 0.330 e. The van der Waals surface area contributed by atoms with Gasteiger partial charge in [-0.25, -0.2) is 13.6 Å². The van der Waals surface area contributed by atoms with Crippen LogP contribution in [0.25, 0.3) is 10.9 Å². The van der Waals surface area contributed by atoms with Crippen molar-refractivity contribution in [3.63, 3.8) is 0 Å². The van der Waals surface area contributed by atoms with Gasteiger partial charge in [0.2, 0.25) is 0 Å². The third kappa shape index (κ3) is 3.72. The van der Waals surface area contributed by atoms with Gasteiger partial charge in [-0.1, -0.05) is 0 Å². The number of hydrogen-bond donors (Lipinski definition) is 2. The summed E-state index contributed by atoms with van der Waals surface area (Å²) in [6, 6.07) is 5.97. The number of alkyl halides is 1. The fourth-order valence-corrected chi connectivity index (χ4v) is 3.83. The summed E-state index contributed by atoms with van der Waals surface area (Å²) in [5, 5.41) is 10.7. The monoisotopic (exact) mass is 451 g/mol. The average molecular weight is 451 g/mol. The summed E-state index contributed by atoms with van der Waals surface area (Å²) < 4.78 is 48.7. The van der Waals surface area contributed by atoms with Crippen LogP contribution in [0.4, 0.5) is 8.78 Å². The molecule has 11 heteroatoms. The van der Waals surface area contributed by atoms with Crippen molar-refractivity contribution in [1.82, 2.24) is 14.1 Å². The van der Waals surface area contributed by atoms with Gasteiger partial charge in [0.05, 0.1) is 12.1 Å². The predicted octanol–water partition coefficient (Wildman–Crippen LogP) is 1.52. The first kappa shape index (κ1) is 22.2. The summed E-state index contributed by atoms with van der Waals surface area (Å²) in [5.74, 6) is -0.537. The molecule has 0 radical (unpaired) electrons. The Labute approximate surface area is 180 Å². The van der Waals surface area contributed by atoms with Crippen LogP contribution >= 0.6 is 0 Å². The quantitative estimate of drug-likeness (QED) is 0.435. The molecule has 4 rings (SSSR count). The molecule has 0 aliphatic carbocycles. The minimum absolute atomic E-state index is 0.0102. The second kappa shape index (κ2) is 8.15. The number of H-pyrrole nitrogens is 1. The van der Waals surface area contributed by atoms with E-state index >= 15 is 4.39 Å². The van der Waals surface area contributed by atoms with E-state index in [4.69, 9.17) is 14.2 Å². The fourth-order valence-electron chi connectivity index (χ4n) is 3.83. The van der Waals surface area contributed by atoms with Gasteiger partial charge >= 0.3 is 5.69 Å². The van der Waals surface area contributed by atoms with Crippen molar-refractivity contribution in [2.45, 2.75) is 38.0 Å². The third-order valence-corrected chi connectivity index (χ3v) is 5.77. The van der Waals surface area contributed by atoms with Gasteiger partial charge in [0.1, 0.15) is 12.2 Å². The maximum absolute atomic E-state index is 15.1. The van der Waals surface area contributed by atoms with Crippen molar-refractivity contribution in [2.24, 2.45) is 7.05 Å². The molecule has 32 heavy (non-hydrogen) atoms. The van der Waals surface area contributed by atoms with Crippen LogP contribution in [0.2, 0.25) is 0 Å². The first-order chi connectivity index (χ1) is 15.1. The number of aromatic nitrogens is 3. The minimum atomic E-state index is -2.33. The lowest BCUT2D eigenvalue weighted by Gasteiger charge is -2.24. The van der Waals surface area contributed by atoms with Crippen molar-refractivity contribution in [1.29, 1.82) is 0 Å². The standard InChI is InChI=1S/C21H23F2N3O6/c1-11-8-12-13(25(11)3)4-5-14(17(12)22)31-10-30-9-15-18(28)21(2,23)19(32-15)26-7-6-16(27)24-20(26)29/h4-8,15,18-19,28H,9-10H2,1-3H3,(H,24,27,29)/t15-,18-,19-,21-/m1/s1. The van der Waals surface area contributed by atoms with Crippen LogP contribution in [0, 0.1) is 12.7 Å². The highest BCUT2D eigenvalue weighted by molar-refractivity contribution is 5.83. The number of aromatic amines is 1. The molecule has 1 aromatic carbocycles. The SMILES string of the molecule is Cc1cc2c(F)c(OCOC[C@H]3O[C@@H](n4ccc(=O)[nH]c4=O)[C@](C)(F)[C@@H]3O)ccc2n1C. The second-order valence-electron chi connectivity index (χ2n) is 7.93. The first-order valence-corrected chi connectivity index (χ1v) is 9.90. The summed E-state index contributed by atoms with van der Waals surface area (Å²) in [5.41, 5.74) is -2.23. The Kier molecular flexibility index (Phi) is 5.65.